The normalized spacial score (nSPS) is 18.2. The van der Waals surface area contributed by atoms with E-state index >= 15 is 0 Å². The van der Waals surface area contributed by atoms with Crippen LogP contribution in [0.3, 0.4) is 0 Å². The Balaban J connectivity index is 2.08. The summed E-state index contributed by atoms with van der Waals surface area (Å²) in [6.45, 7) is 1.36. The molecule has 1 aromatic rings. The van der Waals surface area contributed by atoms with Gasteiger partial charge in [0.1, 0.15) is 17.9 Å². The van der Waals surface area contributed by atoms with Crippen LogP contribution in [0.1, 0.15) is 31.4 Å². The highest BCUT2D eigenvalue weighted by molar-refractivity contribution is 5.69. The third-order valence-corrected chi connectivity index (χ3v) is 2.65. The molecule has 1 aromatic carbocycles. The summed E-state index contributed by atoms with van der Waals surface area (Å²) in [5.41, 5.74) is 0.978. The van der Waals surface area contributed by atoms with Crippen molar-refractivity contribution in [3.63, 3.8) is 0 Å². The first kappa shape index (κ1) is 12.2. The lowest BCUT2D eigenvalue weighted by molar-refractivity contribution is -0.131. The molecule has 0 N–H and O–H groups in total. The number of ether oxygens (including phenoxy) is 2. The minimum atomic E-state index is -0.341. The van der Waals surface area contributed by atoms with E-state index < -0.39 is 0 Å². The predicted octanol–water partition coefficient (Wildman–Crippen LogP) is 2.87. The zero-order valence-corrected chi connectivity index (χ0v) is 10.1. The monoisotopic (exact) mass is 243 g/mol. The van der Waals surface area contributed by atoms with Gasteiger partial charge in [-0.15, -0.1) is 0 Å². The number of allylic oxidation sites excluding steroid dienone is 2. The minimum absolute atomic E-state index is 0.101. The highest BCUT2D eigenvalue weighted by Gasteiger charge is 2.18. The molecule has 0 saturated carbocycles. The van der Waals surface area contributed by atoms with E-state index in [2.05, 4.69) is 0 Å². The Bertz CT molecular complexity index is 511. The molecule has 92 valence electrons. The molecule has 1 atom stereocenters. The van der Waals surface area contributed by atoms with Crippen LogP contribution < -0.4 is 4.74 Å². The summed E-state index contributed by atoms with van der Waals surface area (Å²) in [5.74, 6) is 0.541. The number of nitriles is 1. The van der Waals surface area contributed by atoms with Crippen LogP contribution >= 0.6 is 0 Å². The van der Waals surface area contributed by atoms with Gasteiger partial charge in [-0.05, 0) is 36.6 Å². The van der Waals surface area contributed by atoms with Gasteiger partial charge in [-0.2, -0.15) is 5.26 Å². The Hall–Kier alpha value is -2.28. The van der Waals surface area contributed by atoms with E-state index in [9.17, 15) is 4.79 Å². The SMILES string of the molecule is CC(=O)Oc1ccc([C@@H]2CCC=C(C#N)O2)cc1. The Kier molecular flexibility index (Phi) is 3.63. The van der Waals surface area contributed by atoms with Crippen LogP contribution in [0.5, 0.6) is 5.75 Å². The number of benzene rings is 1. The van der Waals surface area contributed by atoms with Crippen LogP contribution in [0.4, 0.5) is 0 Å². The van der Waals surface area contributed by atoms with Gasteiger partial charge in [0.15, 0.2) is 5.76 Å². The highest BCUT2D eigenvalue weighted by Crippen LogP contribution is 2.30. The number of carbonyl (C=O) groups excluding carboxylic acids is 1. The number of hydrogen-bond acceptors (Lipinski definition) is 4. The number of esters is 1. The second-order valence-corrected chi connectivity index (χ2v) is 4.03. The summed E-state index contributed by atoms with van der Waals surface area (Å²) in [4.78, 5) is 10.8. The van der Waals surface area contributed by atoms with Gasteiger partial charge in [-0.25, -0.2) is 0 Å². The van der Waals surface area contributed by atoms with Crippen molar-refractivity contribution in [3.8, 4) is 11.8 Å². The maximum Gasteiger partial charge on any atom is 0.308 e. The molecule has 0 aliphatic carbocycles. The van der Waals surface area contributed by atoms with Crippen LogP contribution in [0.25, 0.3) is 0 Å². The molecule has 0 amide bonds. The zero-order valence-electron chi connectivity index (χ0n) is 10.1. The molecule has 1 aliphatic heterocycles. The number of hydrogen-bond donors (Lipinski definition) is 0. The Labute approximate surface area is 105 Å². The van der Waals surface area contributed by atoms with Gasteiger partial charge in [-0.3, -0.25) is 4.79 Å². The van der Waals surface area contributed by atoms with Crippen molar-refractivity contribution in [2.75, 3.05) is 0 Å². The first-order valence-corrected chi connectivity index (χ1v) is 5.74. The number of rotatable bonds is 2. The van der Waals surface area contributed by atoms with Crippen molar-refractivity contribution >= 4 is 5.97 Å². The maximum absolute atomic E-state index is 10.8. The van der Waals surface area contributed by atoms with Crippen LogP contribution in [-0.2, 0) is 9.53 Å². The molecule has 4 heteroatoms. The molecule has 0 fully saturated rings. The van der Waals surface area contributed by atoms with Crippen molar-refractivity contribution in [2.24, 2.45) is 0 Å². The molecule has 1 aliphatic rings. The van der Waals surface area contributed by atoms with E-state index in [1.54, 1.807) is 18.2 Å². The lowest BCUT2D eigenvalue weighted by Crippen LogP contribution is -2.08. The summed E-state index contributed by atoms with van der Waals surface area (Å²) < 4.78 is 10.5. The standard InChI is InChI=1S/C14H13NO3/c1-10(16)17-12-7-5-11(6-8-12)14-4-2-3-13(9-15)18-14/h3,5-8,14H,2,4H2,1H3/t14-/m0/s1. The van der Waals surface area contributed by atoms with Gasteiger partial charge in [0, 0.05) is 6.92 Å². The minimum Gasteiger partial charge on any atom is -0.476 e. The fourth-order valence-corrected chi connectivity index (χ4v) is 1.85. The Morgan fingerprint density at radius 1 is 1.44 bits per heavy atom. The second-order valence-electron chi connectivity index (χ2n) is 4.03. The largest absolute Gasteiger partial charge is 0.476 e. The molecule has 0 saturated heterocycles. The van der Waals surface area contributed by atoms with E-state index in [0.717, 1.165) is 18.4 Å². The molecule has 0 unspecified atom stereocenters. The molecule has 2 rings (SSSR count). The molecule has 4 nitrogen and oxygen atoms in total. The van der Waals surface area contributed by atoms with Crippen molar-refractivity contribution < 1.29 is 14.3 Å². The molecular weight excluding hydrogens is 230 g/mol. The number of nitrogens with zero attached hydrogens (tertiary/aromatic N) is 1. The van der Waals surface area contributed by atoms with Crippen LogP contribution in [0, 0.1) is 11.3 Å². The van der Waals surface area contributed by atoms with E-state index in [0.29, 0.717) is 11.5 Å². The van der Waals surface area contributed by atoms with E-state index in [4.69, 9.17) is 14.7 Å². The Morgan fingerprint density at radius 3 is 2.78 bits per heavy atom. The van der Waals surface area contributed by atoms with Crippen LogP contribution in [0.15, 0.2) is 36.1 Å². The molecule has 1 heterocycles. The zero-order chi connectivity index (χ0) is 13.0. The van der Waals surface area contributed by atoms with E-state index in [1.807, 2.05) is 18.2 Å². The van der Waals surface area contributed by atoms with Gasteiger partial charge in [0.2, 0.25) is 0 Å². The van der Waals surface area contributed by atoms with Crippen molar-refractivity contribution in [2.45, 2.75) is 25.9 Å². The summed E-state index contributed by atoms with van der Waals surface area (Å²) in [6.07, 6.45) is 3.37. The van der Waals surface area contributed by atoms with Crippen LogP contribution in [-0.4, -0.2) is 5.97 Å². The smallest absolute Gasteiger partial charge is 0.308 e. The van der Waals surface area contributed by atoms with Gasteiger partial charge < -0.3 is 9.47 Å². The third-order valence-electron chi connectivity index (χ3n) is 2.65. The fraction of sp³-hybridized carbons (Fsp3) is 0.286. The van der Waals surface area contributed by atoms with Gasteiger partial charge in [0.25, 0.3) is 0 Å². The quantitative estimate of drug-likeness (QED) is 0.592. The van der Waals surface area contributed by atoms with Gasteiger partial charge in [0.05, 0.1) is 0 Å². The first-order chi connectivity index (χ1) is 8.69. The second kappa shape index (κ2) is 5.37. The lowest BCUT2D eigenvalue weighted by Gasteiger charge is -2.22. The van der Waals surface area contributed by atoms with Crippen molar-refractivity contribution in [1.82, 2.24) is 0 Å². The molecule has 0 spiro atoms. The number of carbonyl (C=O) groups is 1. The van der Waals surface area contributed by atoms with Gasteiger partial charge >= 0.3 is 5.97 Å². The van der Waals surface area contributed by atoms with E-state index in [1.165, 1.54) is 6.92 Å². The molecule has 0 aromatic heterocycles. The topological polar surface area (TPSA) is 59.3 Å². The summed E-state index contributed by atoms with van der Waals surface area (Å²) in [7, 11) is 0. The molecule has 18 heavy (non-hydrogen) atoms. The van der Waals surface area contributed by atoms with E-state index in [-0.39, 0.29) is 12.1 Å². The average molecular weight is 243 g/mol. The third kappa shape index (κ3) is 2.89. The van der Waals surface area contributed by atoms with Crippen LogP contribution in [0.2, 0.25) is 0 Å². The first-order valence-electron chi connectivity index (χ1n) is 5.74. The predicted molar refractivity (Wildman–Crippen MR) is 64.5 cm³/mol. The molecular formula is C14H13NO3. The summed E-state index contributed by atoms with van der Waals surface area (Å²) >= 11 is 0. The van der Waals surface area contributed by atoms with Crippen molar-refractivity contribution in [3.05, 3.63) is 41.7 Å². The summed E-state index contributed by atoms with van der Waals surface area (Å²) in [6, 6.07) is 9.16. The lowest BCUT2D eigenvalue weighted by atomic mass is 10.0. The molecule has 0 radical (unpaired) electrons. The summed E-state index contributed by atoms with van der Waals surface area (Å²) in [5, 5.41) is 8.80. The fourth-order valence-electron chi connectivity index (χ4n) is 1.85. The highest BCUT2D eigenvalue weighted by atomic mass is 16.5. The Morgan fingerprint density at radius 2 is 2.17 bits per heavy atom. The maximum atomic E-state index is 10.8. The van der Waals surface area contributed by atoms with Crippen molar-refractivity contribution in [1.29, 1.82) is 5.26 Å². The molecule has 0 bridgehead atoms. The van der Waals surface area contributed by atoms with Gasteiger partial charge in [-0.1, -0.05) is 12.1 Å². The average Bonchev–Trinajstić information content (AvgIpc) is 2.39.